The van der Waals surface area contributed by atoms with E-state index in [9.17, 15) is 24.3 Å². The molecule has 1 saturated heterocycles. The molecule has 3 amide bonds. The van der Waals surface area contributed by atoms with E-state index in [-0.39, 0.29) is 28.9 Å². The molecule has 16 heteroatoms. The first-order valence-electron chi connectivity index (χ1n) is 9.91. The van der Waals surface area contributed by atoms with Crippen molar-refractivity contribution in [3.05, 3.63) is 47.2 Å². The number of β-lactam (4-membered cyclic amide) rings is 1. The summed E-state index contributed by atoms with van der Waals surface area (Å²) in [5.74, 6) is -2.94. The monoisotopic (exact) mass is 519 g/mol. The van der Waals surface area contributed by atoms with Gasteiger partial charge in [0.15, 0.2) is 24.1 Å². The first-order valence-corrected chi connectivity index (χ1v) is 11.7. The zero-order chi connectivity index (χ0) is 25.3. The number of carboxylic acids is 1. The maximum absolute atomic E-state index is 12.9. The molecule has 0 spiro atoms. The van der Waals surface area contributed by atoms with Crippen LogP contribution in [0.4, 0.5) is 5.13 Å². The van der Waals surface area contributed by atoms with E-state index in [2.05, 4.69) is 19.8 Å². The van der Waals surface area contributed by atoms with Gasteiger partial charge >= 0.3 is 5.97 Å². The number of thioether (sulfide) groups is 1. The predicted molar refractivity (Wildman–Crippen MR) is 123 cm³/mol. The average molecular weight is 520 g/mol. The molecule has 2 aromatic rings. The number of fused-ring (bicyclic) bond motifs is 1. The van der Waals surface area contributed by atoms with Crippen molar-refractivity contribution in [2.75, 3.05) is 18.6 Å². The van der Waals surface area contributed by atoms with Gasteiger partial charge in [-0.25, -0.2) is 9.36 Å². The number of oxime groups is 1. The van der Waals surface area contributed by atoms with Crippen LogP contribution in [-0.4, -0.2) is 73.0 Å². The molecule has 6 N–H and O–H groups in total. The van der Waals surface area contributed by atoms with Gasteiger partial charge in [-0.2, -0.15) is 9.36 Å². The molecule has 0 radical (unpaired) electrons. The largest absolute Gasteiger partial charge is 0.477 e. The van der Waals surface area contributed by atoms with Crippen LogP contribution in [0, 0.1) is 0 Å². The molecule has 35 heavy (non-hydrogen) atoms. The number of primary amides is 1. The highest BCUT2D eigenvalue weighted by Crippen LogP contribution is 2.40. The summed E-state index contributed by atoms with van der Waals surface area (Å²) in [5.41, 5.74) is 11.2. The molecule has 0 bridgehead atoms. The molecule has 2 aliphatic rings. The van der Waals surface area contributed by atoms with Crippen molar-refractivity contribution < 1.29 is 33.7 Å². The van der Waals surface area contributed by atoms with Gasteiger partial charge in [0, 0.05) is 35.0 Å². The van der Waals surface area contributed by atoms with Crippen LogP contribution < -0.4 is 21.4 Å². The lowest BCUT2D eigenvalue weighted by Gasteiger charge is -2.49. The highest BCUT2D eigenvalue weighted by atomic mass is 32.2. The maximum atomic E-state index is 12.9. The number of aromatic nitrogens is 3. The van der Waals surface area contributed by atoms with Crippen molar-refractivity contribution in [1.29, 1.82) is 0 Å². The Morgan fingerprint density at radius 3 is 2.66 bits per heavy atom. The highest BCUT2D eigenvalue weighted by Gasteiger charge is 2.54. The summed E-state index contributed by atoms with van der Waals surface area (Å²) in [7, 11) is 1.24. The van der Waals surface area contributed by atoms with Crippen LogP contribution in [0.3, 0.4) is 0 Å². The minimum atomic E-state index is -1.26. The fourth-order valence-corrected chi connectivity index (χ4v) is 5.34. The summed E-state index contributed by atoms with van der Waals surface area (Å²) < 4.78 is 5.60. The van der Waals surface area contributed by atoms with E-state index in [0.29, 0.717) is 16.9 Å². The molecule has 0 aromatic carbocycles. The Morgan fingerprint density at radius 2 is 2.09 bits per heavy atom. The molecule has 4 heterocycles. The third-order valence-electron chi connectivity index (χ3n) is 5.14. The third kappa shape index (κ3) is 4.65. The number of carbonyl (C=O) groups is 4. The molecule has 1 fully saturated rings. The van der Waals surface area contributed by atoms with Gasteiger partial charge < -0.3 is 26.7 Å². The Kier molecular flexibility index (Phi) is 6.65. The normalized spacial score (nSPS) is 19.6. The molecule has 2 aromatic heterocycles. The van der Waals surface area contributed by atoms with Crippen LogP contribution in [0.1, 0.15) is 16.2 Å². The fraction of sp³-hybridized carbons (Fsp3) is 0.263. The SMILES string of the molecule is CO/N=C(/C(=O)NC1C(=O)N2C(C(=O)O)=C(C[n+]3ccc(C(N)=O)cc3)CS[C@H]12)c1nsc(N)n1. The minimum Gasteiger partial charge on any atom is -0.477 e. The van der Waals surface area contributed by atoms with Crippen LogP contribution in [0.5, 0.6) is 0 Å². The van der Waals surface area contributed by atoms with Gasteiger partial charge in [-0.1, -0.05) is 5.16 Å². The lowest BCUT2D eigenvalue weighted by atomic mass is 10.0. The predicted octanol–water partition coefficient (Wildman–Crippen LogP) is -1.70. The standard InChI is InChI=1S/C19H18N8O6S2/c1-33-24-10(14-23-19(21)35-25-14)15(29)22-11-16(30)27-12(18(31)32)9(7-34-17(11)27)6-26-4-2-8(3-5-26)13(20)28/h2-5,11,17H,6-7H2,1H3,(H5-,20,21,22,23,25,28,29,31,32)/p+1/b24-10+/t11?,17-/m1/s1. The maximum Gasteiger partial charge on any atom is 0.352 e. The van der Waals surface area contributed by atoms with Crippen molar-refractivity contribution in [3.63, 3.8) is 0 Å². The number of nitrogen functional groups attached to an aromatic ring is 1. The summed E-state index contributed by atoms with van der Waals surface area (Å²) in [6.07, 6.45) is 3.19. The number of hydrogen-bond donors (Lipinski definition) is 4. The molecule has 182 valence electrons. The average Bonchev–Trinajstić information content (AvgIpc) is 3.26. The summed E-state index contributed by atoms with van der Waals surface area (Å²) in [5, 5.41) is 15.5. The lowest BCUT2D eigenvalue weighted by Crippen LogP contribution is -2.71. The van der Waals surface area contributed by atoms with Crippen molar-refractivity contribution in [2.45, 2.75) is 18.0 Å². The molecule has 4 rings (SSSR count). The molecule has 1 unspecified atom stereocenters. The quantitative estimate of drug-likeness (QED) is 0.134. The summed E-state index contributed by atoms with van der Waals surface area (Å²) in [6, 6.07) is 2.06. The Hall–Kier alpha value is -4.05. The molecule has 14 nitrogen and oxygen atoms in total. The molecule has 2 atom stereocenters. The van der Waals surface area contributed by atoms with Crippen molar-refractivity contribution in [1.82, 2.24) is 19.6 Å². The van der Waals surface area contributed by atoms with E-state index >= 15 is 0 Å². The smallest absolute Gasteiger partial charge is 0.352 e. The summed E-state index contributed by atoms with van der Waals surface area (Å²) in [6.45, 7) is 0.183. The van der Waals surface area contributed by atoms with Gasteiger partial charge in [-0.05, 0) is 0 Å². The second-order valence-electron chi connectivity index (χ2n) is 7.32. The van der Waals surface area contributed by atoms with E-state index in [1.807, 2.05) is 0 Å². The number of nitrogens with two attached hydrogens (primary N) is 2. The zero-order valence-electron chi connectivity index (χ0n) is 18.1. The number of carboxylic acid groups (broad SMARTS) is 1. The highest BCUT2D eigenvalue weighted by molar-refractivity contribution is 8.00. The number of rotatable bonds is 8. The second-order valence-corrected chi connectivity index (χ2v) is 9.21. The lowest BCUT2D eigenvalue weighted by molar-refractivity contribution is -0.689. The Bertz CT molecular complexity index is 1270. The number of aliphatic carboxylic acids is 1. The van der Waals surface area contributed by atoms with Gasteiger partial charge in [0.1, 0.15) is 24.2 Å². The van der Waals surface area contributed by atoms with Crippen LogP contribution in [0.2, 0.25) is 0 Å². The zero-order valence-corrected chi connectivity index (χ0v) is 19.7. The number of nitrogens with zero attached hydrogens (tertiary/aromatic N) is 5. The number of pyridine rings is 1. The number of amides is 3. The number of hydrogen-bond acceptors (Lipinski definition) is 11. The van der Waals surface area contributed by atoms with E-state index in [0.717, 1.165) is 16.4 Å². The van der Waals surface area contributed by atoms with Crippen molar-refractivity contribution in [3.8, 4) is 0 Å². The third-order valence-corrected chi connectivity index (χ3v) is 7.02. The van der Waals surface area contributed by atoms with E-state index in [4.69, 9.17) is 16.3 Å². The van der Waals surface area contributed by atoms with Crippen LogP contribution in [0.15, 0.2) is 41.0 Å². The van der Waals surface area contributed by atoms with E-state index in [1.165, 1.54) is 31.0 Å². The number of carbonyl (C=O) groups excluding carboxylic acids is 3. The second kappa shape index (κ2) is 9.67. The first-order chi connectivity index (χ1) is 16.7. The number of nitrogens with one attached hydrogen (secondary N) is 1. The molecular formula is C19H19N8O6S2+. The minimum absolute atomic E-state index is 0.0560. The van der Waals surface area contributed by atoms with Crippen LogP contribution in [-0.2, 0) is 25.8 Å². The van der Waals surface area contributed by atoms with Gasteiger partial charge in [0.05, 0.1) is 5.56 Å². The topological polar surface area (TPSA) is 207 Å². The van der Waals surface area contributed by atoms with E-state index in [1.54, 1.807) is 17.0 Å². The molecule has 0 saturated carbocycles. The van der Waals surface area contributed by atoms with Crippen LogP contribution in [0.25, 0.3) is 0 Å². The summed E-state index contributed by atoms with van der Waals surface area (Å²) in [4.78, 5) is 58.8. The Morgan fingerprint density at radius 1 is 1.37 bits per heavy atom. The molecule has 2 aliphatic heterocycles. The van der Waals surface area contributed by atoms with Crippen molar-refractivity contribution in [2.24, 2.45) is 10.9 Å². The summed E-state index contributed by atoms with van der Waals surface area (Å²) >= 11 is 2.17. The van der Waals surface area contributed by atoms with Gasteiger partial charge in [-0.15, -0.1) is 11.8 Å². The van der Waals surface area contributed by atoms with Crippen LogP contribution >= 0.6 is 23.3 Å². The fourth-order valence-electron chi connectivity index (χ4n) is 3.57. The molecule has 0 aliphatic carbocycles. The van der Waals surface area contributed by atoms with Crippen molar-refractivity contribution >= 4 is 57.8 Å². The first kappa shape index (κ1) is 24.1. The number of anilines is 1. The molecular weight excluding hydrogens is 500 g/mol. The van der Waals surface area contributed by atoms with Gasteiger partial charge in [-0.3, -0.25) is 19.3 Å². The Labute approximate surface area is 205 Å². The Balaban J connectivity index is 1.52. The van der Waals surface area contributed by atoms with Gasteiger partial charge in [0.25, 0.3) is 11.8 Å². The van der Waals surface area contributed by atoms with E-state index < -0.39 is 35.1 Å². The van der Waals surface area contributed by atoms with Gasteiger partial charge in [0.2, 0.25) is 17.4 Å².